The van der Waals surface area contributed by atoms with Crippen molar-refractivity contribution in [2.45, 2.75) is 59.0 Å². The minimum atomic E-state index is -0.191. The molecule has 0 radical (unpaired) electrons. The van der Waals surface area contributed by atoms with Gasteiger partial charge in [-0.15, -0.1) is 0 Å². The van der Waals surface area contributed by atoms with Gasteiger partial charge in [-0.05, 0) is 32.6 Å². The molecule has 0 aromatic carbocycles. The van der Waals surface area contributed by atoms with E-state index in [1.807, 2.05) is 11.8 Å². The summed E-state index contributed by atoms with van der Waals surface area (Å²) < 4.78 is 5.69. The van der Waals surface area contributed by atoms with Gasteiger partial charge in [0.15, 0.2) is 0 Å². The first kappa shape index (κ1) is 21.3. The maximum absolute atomic E-state index is 12.9. The molecule has 1 aromatic heterocycles. The van der Waals surface area contributed by atoms with Gasteiger partial charge in [-0.2, -0.15) is 0 Å². The quantitative estimate of drug-likeness (QED) is 0.627. The largest absolute Gasteiger partial charge is 0.376 e. The fourth-order valence-corrected chi connectivity index (χ4v) is 3.26. The lowest BCUT2D eigenvalue weighted by atomic mass is 10.2. The van der Waals surface area contributed by atoms with Crippen LogP contribution in [0, 0.1) is 6.92 Å². The van der Waals surface area contributed by atoms with Crippen molar-refractivity contribution in [2.24, 2.45) is 0 Å². The fraction of sp³-hybridized carbons (Fsp3) is 0.700. The molecule has 0 N–H and O–H groups in total. The highest BCUT2D eigenvalue weighted by molar-refractivity contribution is 5.92. The van der Waals surface area contributed by atoms with E-state index in [-0.39, 0.29) is 17.9 Å². The Morgan fingerprint density at radius 2 is 1.85 bits per heavy atom. The molecular weight excluding hydrogens is 344 g/mol. The summed E-state index contributed by atoms with van der Waals surface area (Å²) in [7, 11) is 0. The fourth-order valence-electron chi connectivity index (χ4n) is 3.26. The van der Waals surface area contributed by atoms with E-state index in [9.17, 15) is 9.59 Å². The average molecular weight is 377 g/mol. The molecule has 7 nitrogen and oxygen atoms in total. The van der Waals surface area contributed by atoms with Gasteiger partial charge < -0.3 is 14.5 Å². The monoisotopic (exact) mass is 376 g/mol. The third-order valence-electron chi connectivity index (χ3n) is 4.67. The topological polar surface area (TPSA) is 75.6 Å². The zero-order chi connectivity index (χ0) is 19.6. The van der Waals surface area contributed by atoms with Crippen LogP contribution in [0.5, 0.6) is 0 Å². The highest BCUT2D eigenvalue weighted by Crippen LogP contribution is 2.15. The minimum absolute atomic E-state index is 0.0323. The Kier molecular flexibility index (Phi) is 8.64. The van der Waals surface area contributed by atoms with E-state index in [0.717, 1.165) is 51.1 Å². The summed E-state index contributed by atoms with van der Waals surface area (Å²) in [6.45, 7) is 9.08. The molecule has 150 valence electrons. The standard InChI is InChI=1S/C20H32N4O3/c1-4-9-23(10-5-2)19(25)8-11-24(15-17-7-6-12-27-17)20(26)18-14-21-16(3)13-22-18/h13-14,17H,4-12,15H2,1-3H3/t17-/m1/s1. The first-order chi connectivity index (χ1) is 13.0. The number of carbonyl (C=O) groups is 2. The summed E-state index contributed by atoms with van der Waals surface area (Å²) in [6.07, 6.45) is 7.26. The van der Waals surface area contributed by atoms with Gasteiger partial charge in [0.25, 0.3) is 5.91 Å². The van der Waals surface area contributed by atoms with E-state index in [1.54, 1.807) is 11.1 Å². The van der Waals surface area contributed by atoms with Gasteiger partial charge in [-0.25, -0.2) is 4.98 Å². The van der Waals surface area contributed by atoms with Crippen molar-refractivity contribution >= 4 is 11.8 Å². The summed E-state index contributed by atoms with van der Waals surface area (Å²) in [6, 6.07) is 0. The molecule has 0 bridgehead atoms. The maximum atomic E-state index is 12.9. The molecule has 0 saturated carbocycles. The van der Waals surface area contributed by atoms with E-state index in [1.165, 1.54) is 6.20 Å². The summed E-state index contributed by atoms with van der Waals surface area (Å²) in [4.78, 5) is 37.5. The molecule has 2 amide bonds. The zero-order valence-corrected chi connectivity index (χ0v) is 16.8. The van der Waals surface area contributed by atoms with Crippen LogP contribution in [-0.2, 0) is 9.53 Å². The van der Waals surface area contributed by atoms with Crippen molar-refractivity contribution in [3.05, 3.63) is 23.8 Å². The zero-order valence-electron chi connectivity index (χ0n) is 16.8. The van der Waals surface area contributed by atoms with Crippen molar-refractivity contribution < 1.29 is 14.3 Å². The Morgan fingerprint density at radius 3 is 2.41 bits per heavy atom. The van der Waals surface area contributed by atoms with Crippen molar-refractivity contribution in [3.63, 3.8) is 0 Å². The summed E-state index contributed by atoms with van der Waals surface area (Å²) >= 11 is 0. The van der Waals surface area contributed by atoms with Crippen molar-refractivity contribution in [1.82, 2.24) is 19.8 Å². The number of aromatic nitrogens is 2. The van der Waals surface area contributed by atoms with Crippen LogP contribution in [0.3, 0.4) is 0 Å². The van der Waals surface area contributed by atoms with E-state index < -0.39 is 0 Å². The molecule has 27 heavy (non-hydrogen) atoms. The second-order valence-corrected chi connectivity index (χ2v) is 7.06. The Balaban J connectivity index is 2.03. The van der Waals surface area contributed by atoms with Crippen LogP contribution in [0.2, 0.25) is 0 Å². The summed E-state index contributed by atoms with van der Waals surface area (Å²) in [5, 5.41) is 0. The molecule has 0 unspecified atom stereocenters. The number of ether oxygens (including phenoxy) is 1. The Hall–Kier alpha value is -2.02. The molecule has 1 aliphatic rings. The highest BCUT2D eigenvalue weighted by atomic mass is 16.5. The van der Waals surface area contributed by atoms with E-state index in [2.05, 4.69) is 23.8 Å². The second kappa shape index (κ2) is 11.0. The third-order valence-corrected chi connectivity index (χ3v) is 4.67. The van der Waals surface area contributed by atoms with Crippen LogP contribution < -0.4 is 0 Å². The minimum Gasteiger partial charge on any atom is -0.376 e. The van der Waals surface area contributed by atoms with Crippen LogP contribution in [0.25, 0.3) is 0 Å². The first-order valence-electron chi connectivity index (χ1n) is 10.0. The predicted octanol–water partition coefficient (Wildman–Crippen LogP) is 2.44. The number of amides is 2. The van der Waals surface area contributed by atoms with Crippen LogP contribution in [0.1, 0.15) is 62.1 Å². The highest BCUT2D eigenvalue weighted by Gasteiger charge is 2.25. The van der Waals surface area contributed by atoms with Crippen LogP contribution in [0.15, 0.2) is 12.4 Å². The molecule has 1 atom stereocenters. The smallest absolute Gasteiger partial charge is 0.274 e. The predicted molar refractivity (Wildman–Crippen MR) is 103 cm³/mol. The third kappa shape index (κ3) is 6.57. The molecule has 0 aliphatic carbocycles. The number of hydrogen-bond acceptors (Lipinski definition) is 5. The van der Waals surface area contributed by atoms with Crippen LogP contribution in [-0.4, -0.2) is 70.5 Å². The lowest BCUT2D eigenvalue weighted by molar-refractivity contribution is -0.131. The summed E-state index contributed by atoms with van der Waals surface area (Å²) in [5.74, 6) is -0.0952. The van der Waals surface area contributed by atoms with Gasteiger partial charge in [0.2, 0.25) is 5.91 Å². The Labute approximate surface area is 162 Å². The molecule has 1 saturated heterocycles. The molecule has 7 heteroatoms. The molecule has 1 fully saturated rings. The van der Waals surface area contributed by atoms with Crippen LogP contribution >= 0.6 is 0 Å². The molecule has 0 spiro atoms. The number of hydrogen-bond donors (Lipinski definition) is 0. The lowest BCUT2D eigenvalue weighted by Crippen LogP contribution is -2.41. The molecular formula is C20H32N4O3. The number of carbonyl (C=O) groups excluding carboxylic acids is 2. The van der Waals surface area contributed by atoms with Gasteiger partial charge in [-0.3, -0.25) is 14.6 Å². The molecule has 2 heterocycles. The van der Waals surface area contributed by atoms with Gasteiger partial charge in [-0.1, -0.05) is 13.8 Å². The SMILES string of the molecule is CCCN(CCC)C(=O)CCN(C[C@H]1CCCO1)C(=O)c1cnc(C)cn1. The van der Waals surface area contributed by atoms with Crippen molar-refractivity contribution in [1.29, 1.82) is 0 Å². The maximum Gasteiger partial charge on any atom is 0.274 e. The second-order valence-electron chi connectivity index (χ2n) is 7.06. The Morgan fingerprint density at radius 1 is 1.11 bits per heavy atom. The number of aryl methyl sites for hydroxylation is 1. The first-order valence-corrected chi connectivity index (χ1v) is 10.0. The molecule has 2 rings (SSSR count). The lowest BCUT2D eigenvalue weighted by Gasteiger charge is -2.27. The number of rotatable bonds is 10. The van der Waals surface area contributed by atoms with Gasteiger partial charge >= 0.3 is 0 Å². The van der Waals surface area contributed by atoms with Gasteiger partial charge in [0.05, 0.1) is 18.0 Å². The van der Waals surface area contributed by atoms with E-state index >= 15 is 0 Å². The van der Waals surface area contributed by atoms with E-state index in [4.69, 9.17) is 4.74 Å². The molecule has 1 aliphatic heterocycles. The summed E-state index contributed by atoms with van der Waals surface area (Å²) in [5.41, 5.74) is 1.08. The average Bonchev–Trinajstić information content (AvgIpc) is 3.18. The molecule has 1 aromatic rings. The van der Waals surface area contributed by atoms with E-state index in [0.29, 0.717) is 25.2 Å². The van der Waals surface area contributed by atoms with Crippen LogP contribution in [0.4, 0.5) is 0 Å². The van der Waals surface area contributed by atoms with Gasteiger partial charge in [0, 0.05) is 45.4 Å². The normalized spacial score (nSPS) is 16.3. The van der Waals surface area contributed by atoms with Crippen molar-refractivity contribution in [3.8, 4) is 0 Å². The van der Waals surface area contributed by atoms with Crippen molar-refractivity contribution in [2.75, 3.05) is 32.8 Å². The Bertz CT molecular complexity index is 594. The van der Waals surface area contributed by atoms with Gasteiger partial charge in [0.1, 0.15) is 5.69 Å². The number of nitrogens with zero attached hydrogens (tertiary/aromatic N) is 4.